The number of para-hydroxylation sites is 1. The van der Waals surface area contributed by atoms with Gasteiger partial charge < -0.3 is 10.4 Å². The number of thiocarbonyl (C=S) groups is 1. The van der Waals surface area contributed by atoms with Gasteiger partial charge in [0.15, 0.2) is 5.11 Å². The van der Waals surface area contributed by atoms with Crippen molar-refractivity contribution in [2.75, 3.05) is 10.0 Å². The summed E-state index contributed by atoms with van der Waals surface area (Å²) in [6.07, 6.45) is 0. The van der Waals surface area contributed by atoms with Crippen LogP contribution in [0.2, 0.25) is 0 Å². The third-order valence-electron chi connectivity index (χ3n) is 4.42. The fourth-order valence-electron chi connectivity index (χ4n) is 2.85. The van der Waals surface area contributed by atoms with Crippen molar-refractivity contribution < 1.29 is 18.3 Å². The van der Waals surface area contributed by atoms with Crippen LogP contribution in [0.15, 0.2) is 71.6 Å². The largest absolute Gasteiger partial charge is 0.507 e. The van der Waals surface area contributed by atoms with Crippen molar-refractivity contribution >= 4 is 44.6 Å². The SMILES string of the molecule is Cc1ccc(NS(=O)(=O)c2ccc(NC(=S)NC(=O)c3ccccc3O)cc2)c(C)c1. The van der Waals surface area contributed by atoms with E-state index < -0.39 is 15.9 Å². The van der Waals surface area contributed by atoms with Gasteiger partial charge in [-0.05, 0) is 74.1 Å². The molecule has 0 aliphatic rings. The number of carbonyl (C=O) groups excluding carboxylic acids is 1. The standard InChI is InChI=1S/C22H21N3O4S2/c1-14-7-12-19(15(2)13-14)25-31(28,29)17-10-8-16(9-11-17)23-22(30)24-21(27)18-5-3-4-6-20(18)26/h3-13,25-26H,1-2H3,(H2,23,24,27,30). The highest BCUT2D eigenvalue weighted by Gasteiger charge is 2.16. The normalized spacial score (nSPS) is 10.9. The molecule has 7 nitrogen and oxygen atoms in total. The molecule has 0 saturated heterocycles. The van der Waals surface area contributed by atoms with E-state index in [0.29, 0.717) is 11.4 Å². The number of rotatable bonds is 5. The molecule has 0 fully saturated rings. The van der Waals surface area contributed by atoms with Crippen LogP contribution >= 0.6 is 12.2 Å². The molecular formula is C22H21N3O4S2. The van der Waals surface area contributed by atoms with Gasteiger partial charge in [-0.2, -0.15) is 0 Å². The topological polar surface area (TPSA) is 108 Å². The Morgan fingerprint density at radius 1 is 0.968 bits per heavy atom. The Morgan fingerprint density at radius 3 is 2.29 bits per heavy atom. The van der Waals surface area contributed by atoms with Gasteiger partial charge in [-0.1, -0.05) is 29.8 Å². The molecule has 0 saturated carbocycles. The molecule has 0 spiro atoms. The van der Waals surface area contributed by atoms with Crippen LogP contribution < -0.4 is 15.4 Å². The second-order valence-corrected chi connectivity index (χ2v) is 8.96. The Hall–Kier alpha value is -3.43. The first-order valence-electron chi connectivity index (χ1n) is 9.26. The summed E-state index contributed by atoms with van der Waals surface area (Å²) >= 11 is 5.12. The molecular weight excluding hydrogens is 434 g/mol. The minimum Gasteiger partial charge on any atom is -0.507 e. The Balaban J connectivity index is 1.66. The summed E-state index contributed by atoms with van der Waals surface area (Å²) in [6, 6.07) is 17.5. The molecule has 0 bridgehead atoms. The van der Waals surface area contributed by atoms with E-state index in [-0.39, 0.29) is 21.3 Å². The maximum absolute atomic E-state index is 12.7. The zero-order valence-electron chi connectivity index (χ0n) is 16.8. The molecule has 0 aromatic heterocycles. The van der Waals surface area contributed by atoms with Crippen molar-refractivity contribution in [3.8, 4) is 5.75 Å². The molecule has 0 radical (unpaired) electrons. The molecule has 1 amide bonds. The van der Waals surface area contributed by atoms with Crippen LogP contribution in [0.5, 0.6) is 5.75 Å². The average molecular weight is 456 g/mol. The summed E-state index contributed by atoms with van der Waals surface area (Å²) < 4.78 is 27.9. The molecule has 3 rings (SSSR count). The Labute approximate surface area is 186 Å². The van der Waals surface area contributed by atoms with Crippen molar-refractivity contribution in [1.82, 2.24) is 5.32 Å². The van der Waals surface area contributed by atoms with E-state index >= 15 is 0 Å². The highest BCUT2D eigenvalue weighted by atomic mass is 32.2. The number of anilines is 2. The molecule has 3 aromatic rings. The van der Waals surface area contributed by atoms with Crippen molar-refractivity contribution in [2.24, 2.45) is 0 Å². The molecule has 0 aliphatic carbocycles. The monoisotopic (exact) mass is 455 g/mol. The predicted octanol–water partition coefficient (Wildman–Crippen LogP) is 3.94. The molecule has 4 N–H and O–H groups in total. The lowest BCUT2D eigenvalue weighted by Crippen LogP contribution is -2.34. The highest BCUT2D eigenvalue weighted by Crippen LogP contribution is 2.22. The minimum absolute atomic E-state index is 0.0114. The zero-order valence-corrected chi connectivity index (χ0v) is 18.5. The van der Waals surface area contributed by atoms with E-state index in [4.69, 9.17) is 12.2 Å². The average Bonchev–Trinajstić information content (AvgIpc) is 2.70. The number of amides is 1. The lowest BCUT2D eigenvalue weighted by atomic mass is 10.1. The zero-order chi connectivity index (χ0) is 22.6. The molecule has 31 heavy (non-hydrogen) atoms. The second-order valence-electron chi connectivity index (χ2n) is 6.87. The fraction of sp³-hybridized carbons (Fsp3) is 0.0909. The predicted molar refractivity (Wildman–Crippen MR) is 125 cm³/mol. The molecule has 0 unspecified atom stereocenters. The molecule has 160 valence electrons. The van der Waals surface area contributed by atoms with Crippen molar-refractivity contribution in [3.05, 3.63) is 83.4 Å². The number of aromatic hydroxyl groups is 1. The summed E-state index contributed by atoms with van der Waals surface area (Å²) in [5.74, 6) is -0.721. The number of hydrogen-bond donors (Lipinski definition) is 4. The third kappa shape index (κ3) is 5.59. The van der Waals surface area contributed by atoms with E-state index in [1.54, 1.807) is 18.2 Å². The highest BCUT2D eigenvalue weighted by molar-refractivity contribution is 7.92. The summed E-state index contributed by atoms with van der Waals surface area (Å²) in [6.45, 7) is 3.77. The van der Waals surface area contributed by atoms with Gasteiger partial charge in [0.1, 0.15) is 5.75 Å². The smallest absolute Gasteiger partial charge is 0.261 e. The van der Waals surface area contributed by atoms with Crippen LogP contribution in [0, 0.1) is 13.8 Å². The van der Waals surface area contributed by atoms with Gasteiger partial charge in [-0.3, -0.25) is 14.8 Å². The lowest BCUT2D eigenvalue weighted by molar-refractivity contribution is 0.0975. The number of aryl methyl sites for hydroxylation is 2. The summed E-state index contributed by atoms with van der Waals surface area (Å²) in [5.41, 5.74) is 2.97. The first kappa shape index (κ1) is 22.3. The number of phenolic OH excluding ortho intramolecular Hbond substituents is 1. The first-order valence-corrected chi connectivity index (χ1v) is 11.2. The molecule has 3 aromatic carbocycles. The van der Waals surface area contributed by atoms with Crippen LogP contribution in [0.3, 0.4) is 0 Å². The van der Waals surface area contributed by atoms with E-state index in [9.17, 15) is 18.3 Å². The Bertz CT molecular complexity index is 1240. The molecule has 0 heterocycles. The van der Waals surface area contributed by atoms with Gasteiger partial charge in [0.05, 0.1) is 16.1 Å². The number of sulfonamides is 1. The first-order chi connectivity index (χ1) is 14.7. The fourth-order valence-corrected chi connectivity index (χ4v) is 4.19. The number of benzene rings is 3. The molecule has 0 atom stereocenters. The van der Waals surface area contributed by atoms with Crippen LogP contribution in [-0.2, 0) is 10.0 Å². The van der Waals surface area contributed by atoms with Crippen LogP contribution in [0.1, 0.15) is 21.5 Å². The van der Waals surface area contributed by atoms with Crippen LogP contribution in [0.25, 0.3) is 0 Å². The van der Waals surface area contributed by atoms with E-state index in [0.717, 1.165) is 11.1 Å². The van der Waals surface area contributed by atoms with Gasteiger partial charge in [0.2, 0.25) is 0 Å². The van der Waals surface area contributed by atoms with E-state index in [1.165, 1.54) is 36.4 Å². The number of carbonyl (C=O) groups is 1. The molecule has 9 heteroatoms. The summed E-state index contributed by atoms with van der Waals surface area (Å²) in [7, 11) is -3.76. The third-order valence-corrected chi connectivity index (χ3v) is 6.01. The van der Waals surface area contributed by atoms with E-state index in [2.05, 4.69) is 15.4 Å². The maximum Gasteiger partial charge on any atom is 0.261 e. The van der Waals surface area contributed by atoms with Gasteiger partial charge in [0.25, 0.3) is 15.9 Å². The van der Waals surface area contributed by atoms with Gasteiger partial charge in [-0.15, -0.1) is 0 Å². The summed E-state index contributed by atoms with van der Waals surface area (Å²) in [5, 5.41) is 15.0. The van der Waals surface area contributed by atoms with Crippen LogP contribution in [0.4, 0.5) is 11.4 Å². The summed E-state index contributed by atoms with van der Waals surface area (Å²) in [4.78, 5) is 12.3. The maximum atomic E-state index is 12.7. The van der Waals surface area contributed by atoms with Crippen molar-refractivity contribution in [2.45, 2.75) is 18.7 Å². The van der Waals surface area contributed by atoms with Gasteiger partial charge in [-0.25, -0.2) is 8.42 Å². The number of hydrogen-bond acceptors (Lipinski definition) is 5. The van der Waals surface area contributed by atoms with Gasteiger partial charge in [0, 0.05) is 5.69 Å². The number of nitrogens with one attached hydrogen (secondary N) is 3. The lowest BCUT2D eigenvalue weighted by Gasteiger charge is -2.13. The van der Waals surface area contributed by atoms with E-state index in [1.807, 2.05) is 26.0 Å². The minimum atomic E-state index is -3.76. The Morgan fingerprint density at radius 2 is 1.65 bits per heavy atom. The van der Waals surface area contributed by atoms with Crippen molar-refractivity contribution in [3.63, 3.8) is 0 Å². The van der Waals surface area contributed by atoms with Gasteiger partial charge >= 0.3 is 0 Å². The second kappa shape index (κ2) is 9.15. The van der Waals surface area contributed by atoms with Crippen LogP contribution in [-0.4, -0.2) is 24.5 Å². The molecule has 0 aliphatic heterocycles. The van der Waals surface area contributed by atoms with Crippen molar-refractivity contribution in [1.29, 1.82) is 0 Å². The number of phenols is 1. The quantitative estimate of drug-likeness (QED) is 0.434. The Kier molecular flexibility index (Phi) is 6.57.